The Labute approximate surface area is 258 Å². The number of alkyl halides is 3. The van der Waals surface area contributed by atoms with Crippen molar-refractivity contribution in [1.82, 2.24) is 14.9 Å². The smallest absolute Gasteiger partial charge is 0.416 e. The first kappa shape index (κ1) is 29.9. The molecule has 1 aromatic heterocycles. The minimum atomic E-state index is -4.52. The Balaban J connectivity index is 1.24. The highest BCUT2D eigenvalue weighted by Gasteiger charge is 2.35. The third-order valence-electron chi connectivity index (χ3n) is 7.87. The average molecular weight is 613 g/mol. The van der Waals surface area contributed by atoms with Gasteiger partial charge < -0.3 is 19.7 Å². The molecule has 10 heteroatoms. The zero-order valence-corrected chi connectivity index (χ0v) is 24.8. The number of carbonyl (C=O) groups is 1. The summed E-state index contributed by atoms with van der Waals surface area (Å²) < 4.78 is 50.8. The van der Waals surface area contributed by atoms with Crippen molar-refractivity contribution in [3.8, 4) is 22.6 Å². The van der Waals surface area contributed by atoms with Gasteiger partial charge in [0.25, 0.3) is 5.91 Å². The Morgan fingerprint density at radius 1 is 0.911 bits per heavy atom. The van der Waals surface area contributed by atoms with Crippen LogP contribution in [0, 0.1) is 0 Å². The van der Waals surface area contributed by atoms with Gasteiger partial charge in [-0.2, -0.15) is 13.2 Å². The maximum absolute atomic E-state index is 13.4. The average Bonchev–Trinajstić information content (AvgIpc) is 3.91. The number of amides is 1. The number of aromatic nitrogens is 2. The fraction of sp³-hybridized carbons (Fsp3) is 0.229. The van der Waals surface area contributed by atoms with E-state index in [1.165, 1.54) is 18.5 Å². The van der Waals surface area contributed by atoms with E-state index >= 15 is 0 Å². The lowest BCUT2D eigenvalue weighted by atomic mass is 10.0. The monoisotopic (exact) mass is 612 g/mol. The lowest BCUT2D eigenvalue weighted by Gasteiger charge is -2.23. The summed E-state index contributed by atoms with van der Waals surface area (Å²) >= 11 is 0. The zero-order chi connectivity index (χ0) is 31.6. The van der Waals surface area contributed by atoms with Crippen LogP contribution in [0.5, 0.6) is 11.5 Å². The Bertz CT molecular complexity index is 1860. The number of anilines is 1. The largest absolute Gasteiger partial charge is 0.497 e. The van der Waals surface area contributed by atoms with Crippen molar-refractivity contribution >= 4 is 22.6 Å². The third-order valence-corrected chi connectivity index (χ3v) is 7.87. The Kier molecular flexibility index (Phi) is 8.30. The molecule has 0 radical (unpaired) electrons. The molecule has 1 N–H and O–H groups in total. The van der Waals surface area contributed by atoms with Gasteiger partial charge >= 0.3 is 6.18 Å². The van der Waals surface area contributed by atoms with Gasteiger partial charge in [-0.05, 0) is 78.1 Å². The van der Waals surface area contributed by atoms with Gasteiger partial charge in [-0.15, -0.1) is 0 Å². The van der Waals surface area contributed by atoms with Crippen LogP contribution < -0.4 is 14.8 Å². The summed E-state index contributed by atoms with van der Waals surface area (Å²) in [7, 11) is 3.22. The van der Waals surface area contributed by atoms with E-state index in [4.69, 9.17) is 9.47 Å². The molecule has 45 heavy (non-hydrogen) atoms. The van der Waals surface area contributed by atoms with Crippen molar-refractivity contribution < 1.29 is 27.4 Å². The van der Waals surface area contributed by atoms with Gasteiger partial charge in [0.2, 0.25) is 0 Å². The van der Waals surface area contributed by atoms with Gasteiger partial charge in [0.1, 0.15) is 23.6 Å². The highest BCUT2D eigenvalue weighted by molar-refractivity contribution is 5.95. The highest BCUT2D eigenvalue weighted by atomic mass is 19.4. The number of methoxy groups -OCH3 is 2. The Morgan fingerprint density at radius 2 is 1.71 bits per heavy atom. The molecule has 0 unspecified atom stereocenters. The van der Waals surface area contributed by atoms with E-state index in [1.807, 2.05) is 60.7 Å². The summed E-state index contributed by atoms with van der Waals surface area (Å²) in [6, 6.07) is 24.1. The first-order chi connectivity index (χ1) is 21.7. The molecule has 6 rings (SSSR count). The molecule has 7 nitrogen and oxygen atoms in total. The topological polar surface area (TPSA) is 76.6 Å². The van der Waals surface area contributed by atoms with Crippen LogP contribution in [0.15, 0.2) is 91.3 Å². The Morgan fingerprint density at radius 3 is 2.47 bits per heavy atom. The molecule has 0 atom stereocenters. The summed E-state index contributed by atoms with van der Waals surface area (Å²) in [5, 5.41) is 4.25. The molecule has 0 saturated heterocycles. The Hall–Kier alpha value is -5.12. The lowest BCUT2D eigenvalue weighted by Crippen LogP contribution is -2.32. The van der Waals surface area contributed by atoms with Gasteiger partial charge in [-0.1, -0.05) is 30.3 Å². The van der Waals surface area contributed by atoms with E-state index in [0.29, 0.717) is 30.4 Å². The minimum absolute atomic E-state index is 0.00600. The molecule has 1 heterocycles. The third kappa shape index (κ3) is 6.69. The molecule has 0 bridgehead atoms. The van der Waals surface area contributed by atoms with Gasteiger partial charge in [0.05, 0.1) is 25.3 Å². The number of ether oxygens (including phenoxy) is 2. The number of carbonyl (C=O) groups excluding carboxylic acids is 1. The number of fused-ring (bicyclic) bond motifs is 1. The molecule has 1 amide bonds. The molecule has 1 aliphatic carbocycles. The number of halogens is 3. The molecular weight excluding hydrogens is 581 g/mol. The summed E-state index contributed by atoms with van der Waals surface area (Å²) in [5.74, 6) is 1.67. The minimum Gasteiger partial charge on any atom is -0.497 e. The maximum Gasteiger partial charge on any atom is 0.416 e. The van der Waals surface area contributed by atoms with Crippen molar-refractivity contribution in [3.05, 3.63) is 114 Å². The second kappa shape index (κ2) is 12.5. The van der Waals surface area contributed by atoms with Crippen LogP contribution in [-0.4, -0.2) is 41.0 Å². The van der Waals surface area contributed by atoms with Crippen molar-refractivity contribution in [1.29, 1.82) is 0 Å². The van der Waals surface area contributed by atoms with Crippen LogP contribution in [0.3, 0.4) is 0 Å². The molecule has 0 spiro atoms. The number of nitrogens with zero attached hydrogens (tertiary/aromatic N) is 3. The van der Waals surface area contributed by atoms with Crippen LogP contribution >= 0.6 is 0 Å². The maximum atomic E-state index is 13.4. The summed E-state index contributed by atoms with van der Waals surface area (Å²) in [6.07, 6.45) is -1.34. The van der Waals surface area contributed by atoms with E-state index in [0.717, 1.165) is 58.1 Å². The number of hydrogen-bond donors (Lipinski definition) is 1. The van der Waals surface area contributed by atoms with Crippen LogP contribution in [0.4, 0.5) is 19.0 Å². The first-order valence-electron chi connectivity index (χ1n) is 14.5. The van der Waals surface area contributed by atoms with E-state index in [2.05, 4.69) is 15.3 Å². The second-order valence-corrected chi connectivity index (χ2v) is 10.9. The number of nitrogens with one attached hydrogen (secondary N) is 1. The van der Waals surface area contributed by atoms with E-state index in [1.54, 1.807) is 19.1 Å². The number of benzene rings is 4. The molecule has 1 saturated carbocycles. The zero-order valence-electron chi connectivity index (χ0n) is 24.8. The predicted molar refractivity (Wildman–Crippen MR) is 166 cm³/mol. The first-order valence-corrected chi connectivity index (χ1v) is 14.5. The predicted octanol–water partition coefficient (Wildman–Crippen LogP) is 7.75. The fourth-order valence-corrected chi connectivity index (χ4v) is 5.35. The quantitative estimate of drug-likeness (QED) is 0.174. The van der Waals surface area contributed by atoms with E-state index in [-0.39, 0.29) is 11.6 Å². The molecule has 0 aliphatic heterocycles. The van der Waals surface area contributed by atoms with Crippen LogP contribution in [-0.2, 0) is 19.3 Å². The molecule has 4 aromatic carbocycles. The second-order valence-electron chi connectivity index (χ2n) is 10.9. The summed E-state index contributed by atoms with van der Waals surface area (Å²) in [6.45, 7) is 0.761. The van der Waals surface area contributed by atoms with Gasteiger partial charge in [-0.3, -0.25) is 4.79 Å². The molecule has 5 aromatic rings. The number of hydrogen-bond acceptors (Lipinski definition) is 6. The standard InChI is InChI=1S/C35H31F3N4O3/c1-44-29-13-9-26(32(18-29)45-2)19-39-33-30-17-24(10-14-31(30)40-21-41-33)23-6-3-5-22(15-23)20-42(28-11-12-28)34(43)25-7-4-8-27(16-25)35(36,37)38/h3-10,13-18,21,28H,11-12,19-20H2,1-2H3,(H,39,40,41). The van der Waals surface area contributed by atoms with Crippen LogP contribution in [0.25, 0.3) is 22.0 Å². The van der Waals surface area contributed by atoms with Crippen molar-refractivity contribution in [2.24, 2.45) is 0 Å². The van der Waals surface area contributed by atoms with Crippen LogP contribution in [0.1, 0.15) is 39.9 Å². The van der Waals surface area contributed by atoms with Gasteiger partial charge in [0, 0.05) is 41.7 Å². The molecule has 1 fully saturated rings. The van der Waals surface area contributed by atoms with Crippen molar-refractivity contribution in [3.63, 3.8) is 0 Å². The fourth-order valence-electron chi connectivity index (χ4n) is 5.35. The normalized spacial score (nSPS) is 13.0. The number of rotatable bonds is 10. The lowest BCUT2D eigenvalue weighted by molar-refractivity contribution is -0.137. The van der Waals surface area contributed by atoms with E-state index in [9.17, 15) is 18.0 Å². The summed E-state index contributed by atoms with van der Waals surface area (Å²) in [4.78, 5) is 24.0. The van der Waals surface area contributed by atoms with Gasteiger partial charge in [0.15, 0.2) is 0 Å². The van der Waals surface area contributed by atoms with E-state index < -0.39 is 17.6 Å². The highest BCUT2D eigenvalue weighted by Crippen LogP contribution is 2.34. The van der Waals surface area contributed by atoms with Crippen LogP contribution in [0.2, 0.25) is 0 Å². The molecular formula is C35H31F3N4O3. The summed E-state index contributed by atoms with van der Waals surface area (Å²) in [5.41, 5.74) is 3.68. The van der Waals surface area contributed by atoms with Gasteiger partial charge in [-0.25, -0.2) is 9.97 Å². The molecule has 1 aliphatic rings. The van der Waals surface area contributed by atoms with Crippen molar-refractivity contribution in [2.45, 2.75) is 38.1 Å². The molecule has 230 valence electrons. The van der Waals surface area contributed by atoms with Crippen molar-refractivity contribution in [2.75, 3.05) is 19.5 Å². The SMILES string of the molecule is COc1ccc(CNc2ncnc3ccc(-c4cccc(CN(C(=O)c5cccc(C(F)(F)F)c5)C5CC5)c4)cc23)c(OC)c1.